The standard InChI is InChI=1S/C19H27N3O3/c1-5-21(6-2)13-14-25-18-17(19(23)24-7-3)15(4)20-22(18)16-11-9-8-10-12-16/h8-12H,5-7,13-14H2,1-4H3. The molecular formula is C19H27N3O3. The van der Waals surface area contributed by atoms with Crippen LogP contribution >= 0.6 is 0 Å². The van der Waals surface area contributed by atoms with Crippen LogP contribution in [-0.2, 0) is 4.74 Å². The fourth-order valence-corrected chi connectivity index (χ4v) is 2.63. The van der Waals surface area contributed by atoms with Crippen LogP contribution in [-0.4, -0.2) is 53.5 Å². The number of carbonyl (C=O) groups is 1. The number of esters is 1. The number of para-hydroxylation sites is 1. The molecule has 0 spiro atoms. The van der Waals surface area contributed by atoms with E-state index in [1.165, 1.54) is 0 Å². The molecule has 0 aliphatic carbocycles. The van der Waals surface area contributed by atoms with Crippen molar-refractivity contribution in [2.45, 2.75) is 27.7 Å². The molecule has 0 unspecified atom stereocenters. The Labute approximate surface area is 149 Å². The number of nitrogens with zero attached hydrogens (tertiary/aromatic N) is 3. The number of benzene rings is 1. The van der Waals surface area contributed by atoms with E-state index in [0.29, 0.717) is 30.4 Å². The lowest BCUT2D eigenvalue weighted by Gasteiger charge is -2.18. The number of hydrogen-bond donors (Lipinski definition) is 0. The van der Waals surface area contributed by atoms with Gasteiger partial charge in [-0.15, -0.1) is 0 Å². The molecule has 1 aromatic heterocycles. The Morgan fingerprint density at radius 1 is 1.16 bits per heavy atom. The highest BCUT2D eigenvalue weighted by Crippen LogP contribution is 2.27. The lowest BCUT2D eigenvalue weighted by Crippen LogP contribution is -2.28. The van der Waals surface area contributed by atoms with E-state index in [1.54, 1.807) is 18.5 Å². The molecule has 0 fully saturated rings. The molecule has 1 heterocycles. The zero-order valence-electron chi connectivity index (χ0n) is 15.5. The molecular weight excluding hydrogens is 318 g/mol. The monoisotopic (exact) mass is 345 g/mol. The molecule has 0 bridgehead atoms. The SMILES string of the molecule is CCOC(=O)c1c(C)nn(-c2ccccc2)c1OCCN(CC)CC. The summed E-state index contributed by atoms with van der Waals surface area (Å²) in [4.78, 5) is 14.6. The second-order valence-corrected chi connectivity index (χ2v) is 5.61. The van der Waals surface area contributed by atoms with Gasteiger partial charge in [-0.25, -0.2) is 9.48 Å². The molecule has 2 aromatic rings. The summed E-state index contributed by atoms with van der Waals surface area (Å²) in [7, 11) is 0. The highest BCUT2D eigenvalue weighted by molar-refractivity contribution is 5.93. The van der Waals surface area contributed by atoms with Crippen LogP contribution in [0, 0.1) is 6.92 Å². The van der Waals surface area contributed by atoms with Crippen molar-refractivity contribution < 1.29 is 14.3 Å². The van der Waals surface area contributed by atoms with Crippen molar-refractivity contribution in [2.75, 3.05) is 32.8 Å². The fraction of sp³-hybridized carbons (Fsp3) is 0.474. The number of ether oxygens (including phenoxy) is 2. The van der Waals surface area contributed by atoms with Crippen LogP contribution in [0.1, 0.15) is 36.8 Å². The molecule has 25 heavy (non-hydrogen) atoms. The van der Waals surface area contributed by atoms with Crippen LogP contribution in [0.2, 0.25) is 0 Å². The number of hydrogen-bond acceptors (Lipinski definition) is 5. The van der Waals surface area contributed by atoms with Gasteiger partial charge in [0.05, 0.1) is 18.0 Å². The van der Waals surface area contributed by atoms with E-state index in [2.05, 4.69) is 23.8 Å². The van der Waals surface area contributed by atoms with Gasteiger partial charge in [0, 0.05) is 6.54 Å². The molecule has 0 aliphatic rings. The first kappa shape index (κ1) is 19.0. The average Bonchev–Trinajstić information content (AvgIpc) is 2.96. The van der Waals surface area contributed by atoms with E-state index < -0.39 is 5.97 Å². The van der Waals surface area contributed by atoms with Crippen LogP contribution in [0.15, 0.2) is 30.3 Å². The Kier molecular flexibility index (Phi) is 7.01. The van der Waals surface area contributed by atoms with Crippen molar-refractivity contribution in [3.63, 3.8) is 0 Å². The molecule has 6 nitrogen and oxygen atoms in total. The number of rotatable bonds is 9. The molecule has 0 N–H and O–H groups in total. The van der Waals surface area contributed by atoms with Crippen LogP contribution in [0.3, 0.4) is 0 Å². The fourth-order valence-electron chi connectivity index (χ4n) is 2.63. The minimum Gasteiger partial charge on any atom is -0.476 e. The summed E-state index contributed by atoms with van der Waals surface area (Å²) < 4.78 is 12.9. The first-order chi connectivity index (χ1) is 12.1. The minimum absolute atomic E-state index is 0.313. The number of likely N-dealkylation sites (N-methyl/N-ethyl adjacent to an activating group) is 1. The molecule has 0 saturated heterocycles. The van der Waals surface area contributed by atoms with Gasteiger partial charge in [0.2, 0.25) is 5.88 Å². The Morgan fingerprint density at radius 3 is 2.44 bits per heavy atom. The highest BCUT2D eigenvalue weighted by atomic mass is 16.5. The van der Waals surface area contributed by atoms with Crippen molar-refractivity contribution in [2.24, 2.45) is 0 Å². The Hall–Kier alpha value is -2.34. The molecule has 0 atom stereocenters. The average molecular weight is 345 g/mol. The summed E-state index contributed by atoms with van der Waals surface area (Å²) >= 11 is 0. The molecule has 136 valence electrons. The molecule has 0 amide bonds. The molecule has 2 rings (SSSR count). The molecule has 0 saturated carbocycles. The highest BCUT2D eigenvalue weighted by Gasteiger charge is 2.25. The van der Waals surface area contributed by atoms with Gasteiger partial charge in [-0.05, 0) is 39.1 Å². The second kappa shape index (κ2) is 9.22. The van der Waals surface area contributed by atoms with Gasteiger partial charge in [-0.2, -0.15) is 5.10 Å². The van der Waals surface area contributed by atoms with Crippen molar-refractivity contribution in [3.8, 4) is 11.6 Å². The maximum absolute atomic E-state index is 12.4. The summed E-state index contributed by atoms with van der Waals surface area (Å²) in [5.74, 6) is 0.0364. The Balaban J connectivity index is 2.33. The summed E-state index contributed by atoms with van der Waals surface area (Å²) in [6.45, 7) is 11.3. The van der Waals surface area contributed by atoms with Crippen molar-refractivity contribution in [1.29, 1.82) is 0 Å². The van der Waals surface area contributed by atoms with Gasteiger partial charge < -0.3 is 14.4 Å². The van der Waals surface area contributed by atoms with Crippen LogP contribution in [0.25, 0.3) is 5.69 Å². The van der Waals surface area contributed by atoms with E-state index in [9.17, 15) is 4.79 Å². The number of carbonyl (C=O) groups excluding carboxylic acids is 1. The van der Waals surface area contributed by atoms with E-state index in [1.807, 2.05) is 30.3 Å². The maximum Gasteiger partial charge on any atom is 0.345 e. The van der Waals surface area contributed by atoms with E-state index >= 15 is 0 Å². The predicted octanol–water partition coefficient (Wildman–Crippen LogP) is 3.08. The Morgan fingerprint density at radius 2 is 1.84 bits per heavy atom. The first-order valence-corrected chi connectivity index (χ1v) is 8.79. The van der Waals surface area contributed by atoms with Crippen LogP contribution in [0.5, 0.6) is 5.88 Å². The lowest BCUT2D eigenvalue weighted by molar-refractivity contribution is 0.0520. The molecule has 1 aromatic carbocycles. The van der Waals surface area contributed by atoms with Gasteiger partial charge in [0.15, 0.2) is 0 Å². The van der Waals surface area contributed by atoms with E-state index in [0.717, 1.165) is 25.3 Å². The van der Waals surface area contributed by atoms with Gasteiger partial charge in [-0.3, -0.25) is 0 Å². The quantitative estimate of drug-likeness (QED) is 0.654. The van der Waals surface area contributed by atoms with E-state index in [4.69, 9.17) is 9.47 Å². The summed E-state index contributed by atoms with van der Waals surface area (Å²) in [6.07, 6.45) is 0. The summed E-state index contributed by atoms with van der Waals surface area (Å²) in [5, 5.41) is 4.50. The zero-order valence-corrected chi connectivity index (χ0v) is 15.5. The van der Waals surface area contributed by atoms with Gasteiger partial charge in [-0.1, -0.05) is 32.0 Å². The van der Waals surface area contributed by atoms with Crippen molar-refractivity contribution >= 4 is 5.97 Å². The molecule has 0 aliphatic heterocycles. The smallest absolute Gasteiger partial charge is 0.345 e. The number of aryl methyl sites for hydroxylation is 1. The Bertz CT molecular complexity index is 679. The lowest BCUT2D eigenvalue weighted by atomic mass is 10.2. The third-order valence-electron chi connectivity index (χ3n) is 4.04. The third kappa shape index (κ3) is 4.60. The second-order valence-electron chi connectivity index (χ2n) is 5.61. The molecule has 6 heteroatoms. The summed E-state index contributed by atoms with van der Waals surface area (Å²) in [5.41, 5.74) is 1.84. The molecule has 0 radical (unpaired) electrons. The topological polar surface area (TPSA) is 56.6 Å². The van der Waals surface area contributed by atoms with Gasteiger partial charge >= 0.3 is 5.97 Å². The number of aromatic nitrogens is 2. The third-order valence-corrected chi connectivity index (χ3v) is 4.04. The van der Waals surface area contributed by atoms with Gasteiger partial charge in [0.25, 0.3) is 0 Å². The van der Waals surface area contributed by atoms with Crippen molar-refractivity contribution in [3.05, 3.63) is 41.6 Å². The first-order valence-electron chi connectivity index (χ1n) is 8.79. The van der Waals surface area contributed by atoms with Crippen LogP contribution < -0.4 is 4.74 Å². The zero-order chi connectivity index (χ0) is 18.2. The summed E-state index contributed by atoms with van der Waals surface area (Å²) in [6, 6.07) is 9.65. The predicted molar refractivity (Wildman–Crippen MR) is 97.5 cm³/mol. The van der Waals surface area contributed by atoms with Gasteiger partial charge in [0.1, 0.15) is 12.2 Å². The maximum atomic E-state index is 12.4. The van der Waals surface area contributed by atoms with Crippen molar-refractivity contribution in [1.82, 2.24) is 14.7 Å². The largest absolute Gasteiger partial charge is 0.476 e. The minimum atomic E-state index is -0.403. The van der Waals surface area contributed by atoms with E-state index in [-0.39, 0.29) is 0 Å². The van der Waals surface area contributed by atoms with Crippen LogP contribution in [0.4, 0.5) is 0 Å². The normalized spacial score (nSPS) is 10.9.